The minimum Gasteiger partial charge on any atom is -0.326 e. The number of aromatic nitrogens is 4. The number of hydrogen-bond donors (Lipinski definition) is 1. The molecule has 0 radical (unpaired) electrons. The van der Waals surface area contributed by atoms with Gasteiger partial charge in [0.05, 0.1) is 17.6 Å². The molecule has 6 heteroatoms. The second kappa shape index (κ2) is 7.09. The third kappa shape index (κ3) is 3.90. The standard InChI is InChI=1S/C19H25N5O/c1-13(2)11-24-17-7-6-15(21-19(25)14(3)4)10-16(17)22-18(24)12-23-9-5-8-20-23/h5-10,13-14H,11-12H2,1-4H3,(H,21,25). The van der Waals surface area contributed by atoms with Crippen LogP contribution in [-0.4, -0.2) is 25.2 Å². The molecule has 6 nitrogen and oxygen atoms in total. The Morgan fingerprint density at radius 1 is 1.24 bits per heavy atom. The molecule has 0 spiro atoms. The highest BCUT2D eigenvalue weighted by Gasteiger charge is 2.14. The van der Waals surface area contributed by atoms with E-state index in [0.29, 0.717) is 12.5 Å². The first-order valence-electron chi connectivity index (χ1n) is 8.71. The van der Waals surface area contributed by atoms with Crippen molar-refractivity contribution in [3.63, 3.8) is 0 Å². The fraction of sp³-hybridized carbons (Fsp3) is 0.421. The molecule has 25 heavy (non-hydrogen) atoms. The van der Waals surface area contributed by atoms with Crippen LogP contribution in [0.5, 0.6) is 0 Å². The normalized spacial score (nSPS) is 11.6. The molecule has 132 valence electrons. The fourth-order valence-corrected chi connectivity index (χ4v) is 2.77. The van der Waals surface area contributed by atoms with E-state index in [0.717, 1.165) is 29.1 Å². The van der Waals surface area contributed by atoms with Crippen molar-refractivity contribution in [1.82, 2.24) is 19.3 Å². The summed E-state index contributed by atoms with van der Waals surface area (Å²) in [6.07, 6.45) is 3.71. The number of imidazole rings is 1. The van der Waals surface area contributed by atoms with Gasteiger partial charge in [-0.05, 0) is 30.2 Å². The molecular formula is C19H25N5O. The number of nitrogens with one attached hydrogen (secondary N) is 1. The molecule has 0 saturated heterocycles. The number of benzene rings is 1. The van der Waals surface area contributed by atoms with Gasteiger partial charge in [-0.25, -0.2) is 4.98 Å². The predicted octanol–water partition coefficient (Wildman–Crippen LogP) is 3.53. The predicted molar refractivity (Wildman–Crippen MR) is 99.4 cm³/mol. The van der Waals surface area contributed by atoms with Gasteiger partial charge in [-0.3, -0.25) is 9.48 Å². The lowest BCUT2D eigenvalue weighted by molar-refractivity contribution is -0.118. The largest absolute Gasteiger partial charge is 0.326 e. The SMILES string of the molecule is CC(C)Cn1c(Cn2cccn2)nc2cc(NC(=O)C(C)C)ccc21. The number of fused-ring (bicyclic) bond motifs is 1. The molecule has 2 heterocycles. The van der Waals surface area contributed by atoms with Crippen LogP contribution in [0.3, 0.4) is 0 Å². The maximum atomic E-state index is 11.9. The number of carbonyl (C=O) groups is 1. The van der Waals surface area contributed by atoms with E-state index in [4.69, 9.17) is 4.98 Å². The van der Waals surface area contributed by atoms with Gasteiger partial charge < -0.3 is 9.88 Å². The number of anilines is 1. The number of nitrogens with zero attached hydrogens (tertiary/aromatic N) is 4. The molecule has 0 unspecified atom stereocenters. The van der Waals surface area contributed by atoms with Gasteiger partial charge in [0.1, 0.15) is 5.82 Å². The molecule has 0 saturated carbocycles. The number of carbonyl (C=O) groups excluding carboxylic acids is 1. The highest BCUT2D eigenvalue weighted by Crippen LogP contribution is 2.23. The molecule has 1 amide bonds. The Balaban J connectivity index is 1.98. The second-order valence-electron chi connectivity index (χ2n) is 7.08. The topological polar surface area (TPSA) is 64.7 Å². The zero-order valence-corrected chi connectivity index (χ0v) is 15.2. The van der Waals surface area contributed by atoms with Crippen LogP contribution in [0.15, 0.2) is 36.7 Å². The van der Waals surface area contributed by atoms with Gasteiger partial charge >= 0.3 is 0 Å². The van der Waals surface area contributed by atoms with Crippen molar-refractivity contribution in [3.05, 3.63) is 42.5 Å². The first-order chi connectivity index (χ1) is 11.9. The lowest BCUT2D eigenvalue weighted by atomic mass is 10.2. The molecule has 0 bridgehead atoms. The van der Waals surface area contributed by atoms with Crippen molar-refractivity contribution in [2.24, 2.45) is 11.8 Å². The summed E-state index contributed by atoms with van der Waals surface area (Å²) in [5.74, 6) is 1.44. The Morgan fingerprint density at radius 2 is 2.04 bits per heavy atom. The Bertz CT molecular complexity index is 861. The molecule has 2 aromatic heterocycles. The lowest BCUT2D eigenvalue weighted by Crippen LogP contribution is -2.17. The molecule has 0 fully saturated rings. The Hall–Kier alpha value is -2.63. The van der Waals surface area contributed by atoms with E-state index in [-0.39, 0.29) is 11.8 Å². The third-order valence-corrected chi connectivity index (χ3v) is 4.03. The average molecular weight is 339 g/mol. The van der Waals surface area contributed by atoms with Crippen LogP contribution in [0.2, 0.25) is 0 Å². The molecule has 0 aliphatic rings. The van der Waals surface area contributed by atoms with E-state index in [1.165, 1.54) is 0 Å². The van der Waals surface area contributed by atoms with Crippen LogP contribution >= 0.6 is 0 Å². The van der Waals surface area contributed by atoms with E-state index in [9.17, 15) is 4.79 Å². The van der Waals surface area contributed by atoms with Crippen molar-refractivity contribution in [2.75, 3.05) is 5.32 Å². The number of amides is 1. The van der Waals surface area contributed by atoms with Gasteiger partial charge in [0.15, 0.2) is 0 Å². The summed E-state index contributed by atoms with van der Waals surface area (Å²) < 4.78 is 4.12. The van der Waals surface area contributed by atoms with E-state index >= 15 is 0 Å². The summed E-state index contributed by atoms with van der Waals surface area (Å²) in [6, 6.07) is 7.83. The molecule has 0 atom stereocenters. The molecule has 1 N–H and O–H groups in total. The van der Waals surface area contributed by atoms with Gasteiger partial charge in [0.25, 0.3) is 0 Å². The van der Waals surface area contributed by atoms with E-state index < -0.39 is 0 Å². The van der Waals surface area contributed by atoms with E-state index in [1.54, 1.807) is 6.20 Å². The van der Waals surface area contributed by atoms with Crippen LogP contribution in [0.4, 0.5) is 5.69 Å². The molecule has 0 aliphatic carbocycles. The van der Waals surface area contributed by atoms with Crippen LogP contribution in [0.1, 0.15) is 33.5 Å². The van der Waals surface area contributed by atoms with Crippen LogP contribution in [0.25, 0.3) is 11.0 Å². The summed E-state index contributed by atoms with van der Waals surface area (Å²) in [5, 5.41) is 7.23. The monoisotopic (exact) mass is 339 g/mol. The van der Waals surface area contributed by atoms with E-state index in [2.05, 4.69) is 28.8 Å². The van der Waals surface area contributed by atoms with Crippen molar-refractivity contribution in [2.45, 2.75) is 40.8 Å². The Kier molecular flexibility index (Phi) is 4.88. The highest BCUT2D eigenvalue weighted by atomic mass is 16.1. The Morgan fingerprint density at radius 3 is 2.68 bits per heavy atom. The number of hydrogen-bond acceptors (Lipinski definition) is 3. The van der Waals surface area contributed by atoms with Crippen LogP contribution < -0.4 is 5.32 Å². The first-order valence-corrected chi connectivity index (χ1v) is 8.71. The molecule has 3 aromatic rings. The van der Waals surface area contributed by atoms with Crippen LogP contribution in [0, 0.1) is 11.8 Å². The van der Waals surface area contributed by atoms with Gasteiger partial charge in [-0.1, -0.05) is 27.7 Å². The summed E-state index contributed by atoms with van der Waals surface area (Å²) in [7, 11) is 0. The quantitative estimate of drug-likeness (QED) is 0.747. The van der Waals surface area contributed by atoms with Gasteiger partial charge in [0, 0.05) is 30.5 Å². The van der Waals surface area contributed by atoms with Crippen molar-refractivity contribution in [3.8, 4) is 0 Å². The van der Waals surface area contributed by atoms with Crippen molar-refractivity contribution >= 4 is 22.6 Å². The van der Waals surface area contributed by atoms with E-state index in [1.807, 2.05) is 49.0 Å². The van der Waals surface area contributed by atoms with Gasteiger partial charge in [-0.2, -0.15) is 5.10 Å². The maximum absolute atomic E-state index is 11.9. The molecule has 3 rings (SSSR count). The minimum absolute atomic E-state index is 0.0118. The summed E-state index contributed by atoms with van der Waals surface area (Å²) in [6.45, 7) is 9.68. The first kappa shape index (κ1) is 17.2. The van der Waals surface area contributed by atoms with Crippen LogP contribution in [-0.2, 0) is 17.9 Å². The average Bonchev–Trinajstić information content (AvgIpc) is 3.16. The summed E-state index contributed by atoms with van der Waals surface area (Å²) in [5.41, 5.74) is 2.76. The second-order valence-corrected chi connectivity index (χ2v) is 7.08. The van der Waals surface area contributed by atoms with Gasteiger partial charge in [0.2, 0.25) is 5.91 Å². The summed E-state index contributed by atoms with van der Waals surface area (Å²) >= 11 is 0. The minimum atomic E-state index is -0.0513. The molecule has 1 aromatic carbocycles. The zero-order chi connectivity index (χ0) is 18.0. The highest BCUT2D eigenvalue weighted by molar-refractivity contribution is 5.94. The van der Waals surface area contributed by atoms with Crippen molar-refractivity contribution < 1.29 is 4.79 Å². The maximum Gasteiger partial charge on any atom is 0.226 e. The Labute approximate surface area is 147 Å². The zero-order valence-electron chi connectivity index (χ0n) is 15.2. The van der Waals surface area contributed by atoms with Gasteiger partial charge in [-0.15, -0.1) is 0 Å². The lowest BCUT2D eigenvalue weighted by Gasteiger charge is -2.12. The number of rotatable bonds is 6. The molecule has 0 aliphatic heterocycles. The molecular weight excluding hydrogens is 314 g/mol. The summed E-state index contributed by atoms with van der Waals surface area (Å²) in [4.78, 5) is 16.7. The fourth-order valence-electron chi connectivity index (χ4n) is 2.77. The third-order valence-electron chi connectivity index (χ3n) is 4.03. The van der Waals surface area contributed by atoms with Crippen molar-refractivity contribution in [1.29, 1.82) is 0 Å². The smallest absolute Gasteiger partial charge is 0.226 e.